The molecule has 0 aliphatic carbocycles. The van der Waals surface area contributed by atoms with Crippen molar-refractivity contribution in [1.82, 2.24) is 5.32 Å². The molecule has 0 rings (SSSR count). The average Bonchev–Trinajstić information content (AvgIpc) is 1.97. The lowest BCUT2D eigenvalue weighted by atomic mass is 9.91. The number of hydrogen-bond donors (Lipinski definition) is 1. The van der Waals surface area contributed by atoms with Crippen LogP contribution in [0.1, 0.15) is 33.6 Å². The van der Waals surface area contributed by atoms with Crippen molar-refractivity contribution in [2.45, 2.75) is 33.6 Å². The third-order valence-corrected chi connectivity index (χ3v) is 2.07. The summed E-state index contributed by atoms with van der Waals surface area (Å²) in [6.07, 6.45) is 3.19. The molecule has 0 spiro atoms. The van der Waals surface area contributed by atoms with Gasteiger partial charge in [0.2, 0.25) is 6.41 Å². The van der Waals surface area contributed by atoms with E-state index in [-0.39, 0.29) is 0 Å². The summed E-state index contributed by atoms with van der Waals surface area (Å²) in [7, 11) is 0. The highest BCUT2D eigenvalue weighted by atomic mass is 16.1. The van der Waals surface area contributed by atoms with Gasteiger partial charge in [0, 0.05) is 6.54 Å². The molecule has 1 amide bonds. The minimum atomic E-state index is 0.644. The molecule has 0 aromatic carbocycles. The molecule has 2 nitrogen and oxygen atoms in total. The molecule has 0 aliphatic heterocycles. The van der Waals surface area contributed by atoms with Gasteiger partial charge in [-0.15, -0.1) is 0 Å². The molecular formula is C9H19NO. The number of amides is 1. The van der Waals surface area contributed by atoms with Gasteiger partial charge in [0.15, 0.2) is 0 Å². The van der Waals surface area contributed by atoms with Gasteiger partial charge in [-0.1, -0.05) is 27.2 Å². The number of hydrogen-bond acceptors (Lipinski definition) is 1. The second-order valence-corrected chi connectivity index (χ2v) is 3.32. The minimum absolute atomic E-state index is 0.644. The lowest BCUT2D eigenvalue weighted by molar-refractivity contribution is -0.109. The molecule has 0 saturated heterocycles. The van der Waals surface area contributed by atoms with Crippen molar-refractivity contribution in [2.75, 3.05) is 6.54 Å². The van der Waals surface area contributed by atoms with Gasteiger partial charge in [0.1, 0.15) is 0 Å². The van der Waals surface area contributed by atoms with Gasteiger partial charge in [0.25, 0.3) is 0 Å². The fourth-order valence-electron chi connectivity index (χ4n) is 1.24. The summed E-state index contributed by atoms with van der Waals surface area (Å²) in [6, 6.07) is 0. The van der Waals surface area contributed by atoms with Gasteiger partial charge in [-0.3, -0.25) is 4.79 Å². The van der Waals surface area contributed by atoms with E-state index >= 15 is 0 Å². The highest BCUT2D eigenvalue weighted by Crippen LogP contribution is 2.15. The predicted molar refractivity (Wildman–Crippen MR) is 47.3 cm³/mol. The van der Waals surface area contributed by atoms with Crippen molar-refractivity contribution in [2.24, 2.45) is 11.8 Å². The van der Waals surface area contributed by atoms with E-state index in [1.54, 1.807) is 0 Å². The smallest absolute Gasteiger partial charge is 0.207 e. The van der Waals surface area contributed by atoms with Crippen molar-refractivity contribution in [3.8, 4) is 0 Å². The lowest BCUT2D eigenvalue weighted by Crippen LogP contribution is -2.24. The second-order valence-electron chi connectivity index (χ2n) is 3.32. The molecule has 0 aromatic rings. The van der Waals surface area contributed by atoms with Crippen LogP contribution in [0.25, 0.3) is 0 Å². The quantitative estimate of drug-likeness (QED) is 0.585. The molecule has 11 heavy (non-hydrogen) atoms. The first-order chi connectivity index (χ1) is 5.22. The molecule has 1 atom stereocenters. The summed E-state index contributed by atoms with van der Waals surface area (Å²) in [4.78, 5) is 10.0. The van der Waals surface area contributed by atoms with Gasteiger partial charge < -0.3 is 5.32 Å². The predicted octanol–water partition coefficient (Wildman–Crippen LogP) is 1.80. The van der Waals surface area contributed by atoms with Crippen LogP contribution in [0.2, 0.25) is 0 Å². The Hall–Kier alpha value is -0.530. The first-order valence-corrected chi connectivity index (χ1v) is 4.39. The Balaban J connectivity index is 3.59. The summed E-state index contributed by atoms with van der Waals surface area (Å²) in [5, 5.41) is 2.73. The van der Waals surface area contributed by atoms with Crippen LogP contribution >= 0.6 is 0 Å². The Kier molecular flexibility index (Phi) is 5.90. The minimum Gasteiger partial charge on any atom is -0.358 e. The maximum atomic E-state index is 10.0. The standard InChI is InChI=1S/C9H19NO/c1-4-5-9(8(2)3)6-10-7-11/h7-9H,4-6H2,1-3H3,(H,10,11). The molecule has 1 unspecified atom stereocenters. The third-order valence-electron chi connectivity index (χ3n) is 2.07. The molecule has 0 bridgehead atoms. The van der Waals surface area contributed by atoms with Gasteiger partial charge >= 0.3 is 0 Å². The maximum absolute atomic E-state index is 10.0. The average molecular weight is 157 g/mol. The third kappa shape index (κ3) is 4.82. The first kappa shape index (κ1) is 10.5. The number of carbonyl (C=O) groups excluding carboxylic acids is 1. The van der Waals surface area contributed by atoms with Gasteiger partial charge in [-0.25, -0.2) is 0 Å². The Morgan fingerprint density at radius 1 is 1.45 bits per heavy atom. The second kappa shape index (κ2) is 6.20. The molecule has 66 valence electrons. The number of carbonyl (C=O) groups is 1. The highest BCUT2D eigenvalue weighted by Gasteiger charge is 2.10. The van der Waals surface area contributed by atoms with Crippen LogP contribution in [0, 0.1) is 11.8 Å². The van der Waals surface area contributed by atoms with E-state index in [9.17, 15) is 4.79 Å². The van der Waals surface area contributed by atoms with E-state index in [4.69, 9.17) is 0 Å². The van der Waals surface area contributed by atoms with Crippen LogP contribution in [0.3, 0.4) is 0 Å². The van der Waals surface area contributed by atoms with E-state index in [0.717, 1.165) is 13.0 Å². The lowest BCUT2D eigenvalue weighted by Gasteiger charge is -2.18. The Labute approximate surface area is 69.4 Å². The van der Waals surface area contributed by atoms with E-state index < -0.39 is 0 Å². The van der Waals surface area contributed by atoms with E-state index in [1.807, 2.05) is 0 Å². The van der Waals surface area contributed by atoms with E-state index in [1.165, 1.54) is 12.8 Å². The molecule has 0 heterocycles. The first-order valence-electron chi connectivity index (χ1n) is 4.39. The monoisotopic (exact) mass is 157 g/mol. The van der Waals surface area contributed by atoms with Crippen LogP contribution in [0.4, 0.5) is 0 Å². The largest absolute Gasteiger partial charge is 0.358 e. The van der Waals surface area contributed by atoms with Crippen molar-refractivity contribution in [3.05, 3.63) is 0 Å². The molecule has 0 saturated carbocycles. The molecule has 0 aromatic heterocycles. The molecule has 1 N–H and O–H groups in total. The number of nitrogens with one attached hydrogen (secondary N) is 1. The molecule has 0 aliphatic rings. The Bertz CT molecular complexity index is 102. The Morgan fingerprint density at radius 2 is 2.09 bits per heavy atom. The zero-order valence-electron chi connectivity index (χ0n) is 7.76. The summed E-state index contributed by atoms with van der Waals surface area (Å²) in [5.74, 6) is 1.31. The molecule has 0 radical (unpaired) electrons. The normalized spacial score (nSPS) is 13.1. The van der Waals surface area contributed by atoms with Gasteiger partial charge in [-0.2, -0.15) is 0 Å². The van der Waals surface area contributed by atoms with Crippen LogP contribution in [-0.4, -0.2) is 13.0 Å². The van der Waals surface area contributed by atoms with Crippen molar-refractivity contribution >= 4 is 6.41 Å². The van der Waals surface area contributed by atoms with Crippen LogP contribution in [-0.2, 0) is 4.79 Å². The molecule has 0 fully saturated rings. The molecule has 2 heteroatoms. The van der Waals surface area contributed by atoms with Crippen molar-refractivity contribution < 1.29 is 4.79 Å². The van der Waals surface area contributed by atoms with Crippen LogP contribution in [0.5, 0.6) is 0 Å². The Morgan fingerprint density at radius 3 is 2.45 bits per heavy atom. The summed E-state index contributed by atoms with van der Waals surface area (Å²) in [6.45, 7) is 7.41. The highest BCUT2D eigenvalue weighted by molar-refractivity contribution is 5.45. The SMILES string of the molecule is CCCC(CNC=O)C(C)C. The zero-order valence-corrected chi connectivity index (χ0v) is 7.76. The van der Waals surface area contributed by atoms with Crippen LogP contribution in [0.15, 0.2) is 0 Å². The zero-order chi connectivity index (χ0) is 8.69. The van der Waals surface area contributed by atoms with E-state index in [2.05, 4.69) is 26.1 Å². The van der Waals surface area contributed by atoms with Gasteiger partial charge in [-0.05, 0) is 18.3 Å². The van der Waals surface area contributed by atoms with E-state index in [0.29, 0.717) is 11.8 Å². The van der Waals surface area contributed by atoms with Crippen molar-refractivity contribution in [3.63, 3.8) is 0 Å². The summed E-state index contributed by atoms with van der Waals surface area (Å²) in [5.41, 5.74) is 0. The topological polar surface area (TPSA) is 29.1 Å². The fraction of sp³-hybridized carbons (Fsp3) is 0.889. The van der Waals surface area contributed by atoms with Crippen molar-refractivity contribution in [1.29, 1.82) is 0 Å². The van der Waals surface area contributed by atoms with Crippen LogP contribution < -0.4 is 5.32 Å². The molecular weight excluding hydrogens is 138 g/mol. The number of rotatable bonds is 6. The summed E-state index contributed by atoms with van der Waals surface area (Å²) < 4.78 is 0. The maximum Gasteiger partial charge on any atom is 0.207 e. The summed E-state index contributed by atoms with van der Waals surface area (Å²) >= 11 is 0. The fourth-order valence-corrected chi connectivity index (χ4v) is 1.24. The van der Waals surface area contributed by atoms with Gasteiger partial charge in [0.05, 0.1) is 0 Å².